The molecule has 1 aliphatic rings. The van der Waals surface area contributed by atoms with Crippen LogP contribution in [0.3, 0.4) is 0 Å². The molecular formula is C14H15N3O2. The summed E-state index contributed by atoms with van der Waals surface area (Å²) in [5, 5.41) is 9.00. The molecule has 0 atom stereocenters. The van der Waals surface area contributed by atoms with Crippen LogP contribution in [-0.4, -0.2) is 18.8 Å². The molecule has 98 valence electrons. The van der Waals surface area contributed by atoms with Crippen LogP contribution in [0.1, 0.15) is 25.5 Å². The Bertz CT molecular complexity index is 665. The molecule has 0 bridgehead atoms. The molecule has 5 heteroatoms. The lowest BCUT2D eigenvalue weighted by Crippen LogP contribution is -1.93. The number of hydrogen-bond donors (Lipinski definition) is 0. The third kappa shape index (κ3) is 2.01. The Hall–Kier alpha value is -2.17. The zero-order valence-corrected chi connectivity index (χ0v) is 11.2. The van der Waals surface area contributed by atoms with Crippen LogP contribution in [0.25, 0.3) is 10.9 Å². The Morgan fingerprint density at radius 2 is 1.89 bits per heavy atom. The molecule has 0 radical (unpaired) electrons. The van der Waals surface area contributed by atoms with E-state index in [-0.39, 0.29) is 6.79 Å². The molecule has 5 nitrogen and oxygen atoms in total. The largest absolute Gasteiger partial charge is 0.454 e. The Balaban J connectivity index is 2.30. The van der Waals surface area contributed by atoms with Gasteiger partial charge in [0.2, 0.25) is 6.79 Å². The highest BCUT2D eigenvalue weighted by Crippen LogP contribution is 2.39. The van der Waals surface area contributed by atoms with Gasteiger partial charge >= 0.3 is 0 Å². The number of pyridine rings is 1. The molecule has 3 rings (SSSR count). The number of rotatable bonds is 2. The van der Waals surface area contributed by atoms with Gasteiger partial charge in [0.25, 0.3) is 0 Å². The summed E-state index contributed by atoms with van der Waals surface area (Å²) in [6.45, 7) is 4.47. The van der Waals surface area contributed by atoms with Crippen molar-refractivity contribution < 1.29 is 9.47 Å². The number of nitrogens with zero attached hydrogens (tertiary/aromatic N) is 3. The standard InChI is InChI=1S/C14H15N3O2/c1-8(2)10-5-12(17-15-3)9-4-13-14(19-7-18-13)6-11(9)16-10/h4-6,8H,7H2,1-3H3. The molecule has 0 unspecified atom stereocenters. The normalized spacial score (nSPS) is 13.9. The third-order valence-electron chi connectivity index (χ3n) is 3.10. The maximum Gasteiger partial charge on any atom is 0.231 e. The minimum Gasteiger partial charge on any atom is -0.454 e. The van der Waals surface area contributed by atoms with E-state index in [9.17, 15) is 0 Å². The van der Waals surface area contributed by atoms with E-state index in [1.54, 1.807) is 7.05 Å². The molecule has 0 saturated heterocycles. The molecule has 0 amide bonds. The van der Waals surface area contributed by atoms with E-state index in [2.05, 4.69) is 29.1 Å². The van der Waals surface area contributed by atoms with Crippen LogP contribution < -0.4 is 9.47 Å². The van der Waals surface area contributed by atoms with Gasteiger partial charge in [0, 0.05) is 24.2 Å². The highest BCUT2D eigenvalue weighted by Gasteiger charge is 2.17. The second-order valence-electron chi connectivity index (χ2n) is 4.74. The lowest BCUT2D eigenvalue weighted by molar-refractivity contribution is 0.174. The number of benzene rings is 1. The van der Waals surface area contributed by atoms with Gasteiger partial charge in [-0.25, -0.2) is 0 Å². The first-order valence-corrected chi connectivity index (χ1v) is 6.23. The molecule has 1 aromatic heterocycles. The third-order valence-corrected chi connectivity index (χ3v) is 3.10. The zero-order valence-electron chi connectivity index (χ0n) is 11.2. The topological polar surface area (TPSA) is 56.1 Å². The minimum atomic E-state index is 0.257. The Labute approximate surface area is 111 Å². The van der Waals surface area contributed by atoms with Gasteiger partial charge < -0.3 is 9.47 Å². The summed E-state index contributed by atoms with van der Waals surface area (Å²) in [5.74, 6) is 1.81. The number of hydrogen-bond acceptors (Lipinski definition) is 5. The fraction of sp³-hybridized carbons (Fsp3) is 0.357. The van der Waals surface area contributed by atoms with E-state index in [4.69, 9.17) is 9.47 Å². The van der Waals surface area contributed by atoms with Crippen molar-refractivity contribution in [3.05, 3.63) is 23.9 Å². The summed E-state index contributed by atoms with van der Waals surface area (Å²) in [6.07, 6.45) is 0. The van der Waals surface area contributed by atoms with Crippen LogP contribution in [0.2, 0.25) is 0 Å². The van der Waals surface area contributed by atoms with Crippen molar-refractivity contribution in [2.75, 3.05) is 13.8 Å². The van der Waals surface area contributed by atoms with Gasteiger partial charge in [-0.05, 0) is 18.1 Å². The van der Waals surface area contributed by atoms with Crippen LogP contribution in [-0.2, 0) is 0 Å². The SMILES string of the molecule is CN=Nc1cc(C(C)C)nc2cc3c(cc12)OCO3. The first-order chi connectivity index (χ1) is 9.19. The van der Waals surface area contributed by atoms with Gasteiger partial charge in [-0.15, -0.1) is 0 Å². The average molecular weight is 257 g/mol. The summed E-state index contributed by atoms with van der Waals surface area (Å²) in [6, 6.07) is 5.79. The van der Waals surface area contributed by atoms with E-state index in [0.717, 1.165) is 33.8 Å². The fourth-order valence-corrected chi connectivity index (χ4v) is 2.10. The van der Waals surface area contributed by atoms with E-state index < -0.39 is 0 Å². The average Bonchev–Trinajstić information content (AvgIpc) is 2.83. The summed E-state index contributed by atoms with van der Waals surface area (Å²) >= 11 is 0. The molecule has 2 heterocycles. The second-order valence-corrected chi connectivity index (χ2v) is 4.74. The van der Waals surface area contributed by atoms with E-state index in [1.807, 2.05) is 18.2 Å². The van der Waals surface area contributed by atoms with Crippen molar-refractivity contribution in [1.29, 1.82) is 0 Å². The molecule has 19 heavy (non-hydrogen) atoms. The van der Waals surface area contributed by atoms with Gasteiger partial charge in [0.1, 0.15) is 0 Å². The van der Waals surface area contributed by atoms with Gasteiger partial charge in [0.15, 0.2) is 11.5 Å². The molecule has 1 aromatic carbocycles. The fourth-order valence-electron chi connectivity index (χ4n) is 2.10. The number of ether oxygens (including phenoxy) is 2. The number of azo groups is 1. The molecular weight excluding hydrogens is 242 g/mol. The summed E-state index contributed by atoms with van der Waals surface area (Å²) in [5.41, 5.74) is 2.67. The van der Waals surface area contributed by atoms with Crippen LogP contribution in [0.15, 0.2) is 28.4 Å². The molecule has 0 aliphatic carbocycles. The summed E-state index contributed by atoms with van der Waals surface area (Å²) in [4.78, 5) is 4.66. The number of fused-ring (bicyclic) bond motifs is 2. The van der Waals surface area contributed by atoms with Crippen LogP contribution >= 0.6 is 0 Å². The van der Waals surface area contributed by atoms with Crippen molar-refractivity contribution in [1.82, 2.24) is 4.98 Å². The Morgan fingerprint density at radius 3 is 2.58 bits per heavy atom. The smallest absolute Gasteiger partial charge is 0.231 e. The van der Waals surface area contributed by atoms with Crippen molar-refractivity contribution in [2.24, 2.45) is 10.2 Å². The molecule has 0 saturated carbocycles. The summed E-state index contributed by atoms with van der Waals surface area (Å²) < 4.78 is 10.8. The van der Waals surface area contributed by atoms with Crippen molar-refractivity contribution in [3.63, 3.8) is 0 Å². The van der Waals surface area contributed by atoms with Gasteiger partial charge in [-0.1, -0.05) is 13.8 Å². The Morgan fingerprint density at radius 1 is 1.16 bits per heavy atom. The molecule has 2 aromatic rings. The predicted octanol–water partition coefficient (Wildman–Crippen LogP) is 3.80. The lowest BCUT2D eigenvalue weighted by Gasteiger charge is -2.09. The lowest BCUT2D eigenvalue weighted by atomic mass is 10.1. The van der Waals surface area contributed by atoms with Crippen molar-refractivity contribution in [3.8, 4) is 11.5 Å². The van der Waals surface area contributed by atoms with Gasteiger partial charge in [-0.3, -0.25) is 4.98 Å². The molecule has 0 spiro atoms. The first kappa shape index (κ1) is 11.9. The second kappa shape index (κ2) is 4.50. The molecule has 1 aliphatic heterocycles. The molecule has 0 fully saturated rings. The quantitative estimate of drug-likeness (QED) is 0.769. The van der Waals surface area contributed by atoms with Gasteiger partial charge in [-0.2, -0.15) is 10.2 Å². The van der Waals surface area contributed by atoms with E-state index >= 15 is 0 Å². The maximum atomic E-state index is 5.40. The summed E-state index contributed by atoms with van der Waals surface area (Å²) in [7, 11) is 1.66. The van der Waals surface area contributed by atoms with Gasteiger partial charge in [0.05, 0.1) is 11.2 Å². The first-order valence-electron chi connectivity index (χ1n) is 6.23. The highest BCUT2D eigenvalue weighted by atomic mass is 16.7. The minimum absolute atomic E-state index is 0.257. The molecule has 0 N–H and O–H groups in total. The Kier molecular flexibility index (Phi) is 2.81. The monoisotopic (exact) mass is 257 g/mol. The van der Waals surface area contributed by atoms with Crippen molar-refractivity contribution >= 4 is 16.6 Å². The zero-order chi connectivity index (χ0) is 13.4. The predicted molar refractivity (Wildman–Crippen MR) is 72.4 cm³/mol. The highest BCUT2D eigenvalue weighted by molar-refractivity contribution is 5.92. The maximum absolute atomic E-state index is 5.40. The number of aromatic nitrogens is 1. The van der Waals surface area contributed by atoms with Crippen LogP contribution in [0.4, 0.5) is 5.69 Å². The van der Waals surface area contributed by atoms with E-state index in [1.165, 1.54) is 0 Å². The van der Waals surface area contributed by atoms with Crippen LogP contribution in [0, 0.1) is 0 Å². The van der Waals surface area contributed by atoms with Crippen LogP contribution in [0.5, 0.6) is 11.5 Å². The van der Waals surface area contributed by atoms with Crippen molar-refractivity contribution in [2.45, 2.75) is 19.8 Å². The van der Waals surface area contributed by atoms with E-state index in [0.29, 0.717) is 5.92 Å².